The van der Waals surface area contributed by atoms with E-state index < -0.39 is 0 Å². The van der Waals surface area contributed by atoms with Crippen molar-refractivity contribution < 1.29 is 9.18 Å². The molecule has 0 spiro atoms. The standard InChI is InChI=1S/C21H25FN4O/c22-18-6-4-10-23-20(18)17-9-14-25(15-17)13-8-16-5-3-11-24-21(16)26-12-2-1-7-19(26)27/h3-6,10-11,17H,1-2,7-9,12-15H2. The molecule has 2 aromatic heterocycles. The van der Waals surface area contributed by atoms with Crippen LogP contribution in [0, 0.1) is 5.82 Å². The maximum Gasteiger partial charge on any atom is 0.228 e. The van der Waals surface area contributed by atoms with Gasteiger partial charge in [-0.1, -0.05) is 6.07 Å². The molecule has 1 unspecified atom stereocenters. The van der Waals surface area contributed by atoms with E-state index in [-0.39, 0.29) is 17.6 Å². The first-order chi connectivity index (χ1) is 13.2. The van der Waals surface area contributed by atoms with Crippen molar-refractivity contribution in [3.05, 3.63) is 53.7 Å². The molecule has 2 aromatic rings. The Morgan fingerprint density at radius 3 is 2.81 bits per heavy atom. The number of piperidine rings is 1. The predicted octanol–water partition coefficient (Wildman–Crippen LogP) is 3.16. The zero-order chi connectivity index (χ0) is 18.6. The number of rotatable bonds is 5. The monoisotopic (exact) mass is 368 g/mol. The zero-order valence-corrected chi connectivity index (χ0v) is 15.5. The molecular weight excluding hydrogens is 343 g/mol. The largest absolute Gasteiger partial charge is 0.302 e. The van der Waals surface area contributed by atoms with Gasteiger partial charge in [0, 0.05) is 44.4 Å². The predicted molar refractivity (Wildman–Crippen MR) is 102 cm³/mol. The van der Waals surface area contributed by atoms with Crippen molar-refractivity contribution in [2.24, 2.45) is 0 Å². The summed E-state index contributed by atoms with van der Waals surface area (Å²) < 4.78 is 14.0. The van der Waals surface area contributed by atoms with Gasteiger partial charge < -0.3 is 4.90 Å². The molecule has 0 saturated carbocycles. The van der Waals surface area contributed by atoms with Crippen molar-refractivity contribution in [1.82, 2.24) is 14.9 Å². The number of carbonyl (C=O) groups is 1. The van der Waals surface area contributed by atoms with Crippen LogP contribution in [0.15, 0.2) is 36.7 Å². The minimum absolute atomic E-state index is 0.156. The normalized spacial score (nSPS) is 21.0. The zero-order valence-electron chi connectivity index (χ0n) is 15.5. The molecule has 2 fully saturated rings. The van der Waals surface area contributed by atoms with Gasteiger partial charge in [-0.3, -0.25) is 14.7 Å². The molecule has 0 N–H and O–H groups in total. The lowest BCUT2D eigenvalue weighted by Crippen LogP contribution is -2.36. The van der Waals surface area contributed by atoms with Gasteiger partial charge in [0.15, 0.2) is 0 Å². The number of amides is 1. The van der Waals surface area contributed by atoms with Gasteiger partial charge in [-0.2, -0.15) is 0 Å². The van der Waals surface area contributed by atoms with Crippen molar-refractivity contribution in [2.45, 2.75) is 38.0 Å². The summed E-state index contributed by atoms with van der Waals surface area (Å²) in [7, 11) is 0. The van der Waals surface area contributed by atoms with Crippen LogP contribution >= 0.6 is 0 Å². The number of halogens is 1. The fraction of sp³-hybridized carbons (Fsp3) is 0.476. The van der Waals surface area contributed by atoms with Crippen LogP contribution in [0.5, 0.6) is 0 Å². The van der Waals surface area contributed by atoms with Gasteiger partial charge >= 0.3 is 0 Å². The van der Waals surface area contributed by atoms with Crippen molar-refractivity contribution in [1.29, 1.82) is 0 Å². The van der Waals surface area contributed by atoms with Crippen molar-refractivity contribution in [2.75, 3.05) is 31.1 Å². The van der Waals surface area contributed by atoms with E-state index in [0.717, 1.165) is 63.2 Å². The lowest BCUT2D eigenvalue weighted by molar-refractivity contribution is -0.119. The van der Waals surface area contributed by atoms with Crippen LogP contribution in [-0.4, -0.2) is 47.0 Å². The summed E-state index contributed by atoms with van der Waals surface area (Å²) in [4.78, 5) is 25.2. The second kappa shape index (κ2) is 8.13. The van der Waals surface area contributed by atoms with E-state index in [1.807, 2.05) is 11.0 Å². The molecule has 0 bridgehead atoms. The highest BCUT2D eigenvalue weighted by Gasteiger charge is 2.27. The molecule has 27 heavy (non-hydrogen) atoms. The molecule has 1 atom stereocenters. The van der Waals surface area contributed by atoms with Gasteiger partial charge in [-0.15, -0.1) is 0 Å². The number of hydrogen-bond acceptors (Lipinski definition) is 4. The molecule has 0 radical (unpaired) electrons. The Balaban J connectivity index is 1.40. The lowest BCUT2D eigenvalue weighted by atomic mass is 10.0. The fourth-order valence-corrected chi connectivity index (χ4v) is 4.13. The van der Waals surface area contributed by atoms with Crippen molar-refractivity contribution in [3.8, 4) is 0 Å². The summed E-state index contributed by atoms with van der Waals surface area (Å²) in [6.45, 7) is 3.41. The summed E-state index contributed by atoms with van der Waals surface area (Å²) in [6, 6.07) is 7.12. The van der Waals surface area contributed by atoms with E-state index in [1.54, 1.807) is 18.5 Å². The highest BCUT2D eigenvalue weighted by molar-refractivity contribution is 5.93. The Morgan fingerprint density at radius 1 is 1.11 bits per heavy atom. The molecule has 5 nitrogen and oxygen atoms in total. The molecular formula is C21H25FN4O. The third-order valence-corrected chi connectivity index (χ3v) is 5.59. The second-order valence-electron chi connectivity index (χ2n) is 7.40. The third kappa shape index (κ3) is 4.00. The molecule has 2 saturated heterocycles. The molecule has 0 aromatic carbocycles. The molecule has 4 heterocycles. The minimum atomic E-state index is -0.206. The van der Waals surface area contributed by atoms with Crippen molar-refractivity contribution in [3.63, 3.8) is 0 Å². The number of likely N-dealkylation sites (tertiary alicyclic amines) is 1. The number of anilines is 1. The van der Waals surface area contributed by atoms with E-state index >= 15 is 0 Å². The van der Waals surface area contributed by atoms with Crippen LogP contribution < -0.4 is 4.90 Å². The quantitative estimate of drug-likeness (QED) is 0.813. The van der Waals surface area contributed by atoms with E-state index in [4.69, 9.17) is 0 Å². The Morgan fingerprint density at radius 2 is 1.96 bits per heavy atom. The van der Waals surface area contributed by atoms with Crippen molar-refractivity contribution >= 4 is 11.7 Å². The Kier molecular flexibility index (Phi) is 5.43. The Hall–Kier alpha value is -2.34. The number of pyridine rings is 2. The van der Waals surface area contributed by atoms with E-state index in [0.29, 0.717) is 12.1 Å². The van der Waals surface area contributed by atoms with E-state index in [2.05, 4.69) is 20.9 Å². The van der Waals surface area contributed by atoms with Gasteiger partial charge in [-0.05, 0) is 56.0 Å². The summed E-state index contributed by atoms with van der Waals surface area (Å²) in [6.07, 6.45) is 7.80. The number of aromatic nitrogens is 2. The van der Waals surface area contributed by atoms with E-state index in [9.17, 15) is 9.18 Å². The Labute approximate surface area is 159 Å². The maximum absolute atomic E-state index is 14.0. The van der Waals surface area contributed by atoms with Crippen LogP contribution in [0.3, 0.4) is 0 Å². The highest BCUT2D eigenvalue weighted by atomic mass is 19.1. The Bertz CT molecular complexity index is 812. The molecule has 2 aliphatic heterocycles. The summed E-state index contributed by atoms with van der Waals surface area (Å²) in [5.41, 5.74) is 1.70. The van der Waals surface area contributed by atoms with Gasteiger partial charge in [-0.25, -0.2) is 9.37 Å². The van der Waals surface area contributed by atoms with Crippen LogP contribution in [0.4, 0.5) is 10.2 Å². The topological polar surface area (TPSA) is 49.3 Å². The molecule has 2 aliphatic rings. The number of hydrogen-bond donors (Lipinski definition) is 0. The van der Waals surface area contributed by atoms with Gasteiger partial charge in [0.05, 0.1) is 5.69 Å². The third-order valence-electron chi connectivity index (χ3n) is 5.59. The second-order valence-corrected chi connectivity index (χ2v) is 7.40. The fourth-order valence-electron chi connectivity index (χ4n) is 4.13. The summed E-state index contributed by atoms with van der Waals surface area (Å²) in [5.74, 6) is 0.938. The minimum Gasteiger partial charge on any atom is -0.302 e. The first kappa shape index (κ1) is 18.0. The van der Waals surface area contributed by atoms with Gasteiger partial charge in [0.2, 0.25) is 5.91 Å². The summed E-state index contributed by atoms with van der Waals surface area (Å²) >= 11 is 0. The molecule has 1 amide bonds. The lowest BCUT2D eigenvalue weighted by Gasteiger charge is -2.28. The molecule has 142 valence electrons. The molecule has 4 rings (SSSR count). The number of nitrogens with zero attached hydrogens (tertiary/aromatic N) is 4. The molecule has 0 aliphatic carbocycles. The van der Waals surface area contributed by atoms with Crippen LogP contribution in [0.25, 0.3) is 0 Å². The van der Waals surface area contributed by atoms with E-state index in [1.165, 1.54) is 6.07 Å². The average Bonchev–Trinajstić information content (AvgIpc) is 3.16. The average molecular weight is 368 g/mol. The first-order valence-corrected chi connectivity index (χ1v) is 9.79. The van der Waals surface area contributed by atoms with Gasteiger partial charge in [0.1, 0.15) is 11.6 Å². The first-order valence-electron chi connectivity index (χ1n) is 9.79. The smallest absolute Gasteiger partial charge is 0.228 e. The highest BCUT2D eigenvalue weighted by Crippen LogP contribution is 2.28. The van der Waals surface area contributed by atoms with Crippen LogP contribution in [-0.2, 0) is 11.2 Å². The van der Waals surface area contributed by atoms with Gasteiger partial charge in [0.25, 0.3) is 0 Å². The summed E-state index contributed by atoms with van der Waals surface area (Å²) in [5, 5.41) is 0. The van der Waals surface area contributed by atoms with Crippen LogP contribution in [0.2, 0.25) is 0 Å². The number of carbonyl (C=O) groups excluding carboxylic acids is 1. The van der Waals surface area contributed by atoms with Crippen LogP contribution in [0.1, 0.15) is 42.9 Å². The molecule has 6 heteroatoms. The SMILES string of the molecule is O=C1CCCCN1c1ncccc1CCN1CCC(c2ncccc2F)C1. The maximum atomic E-state index is 14.0.